The standard InChI is InChI=1S/C11H23NOS/c13-9-6-11-5-1-2-7-12(11)8-3-4-10-14/h11,13-14H,1-10H2. The van der Waals surface area contributed by atoms with Crippen LogP contribution in [0.2, 0.25) is 0 Å². The molecule has 0 spiro atoms. The number of hydrogen-bond acceptors (Lipinski definition) is 3. The molecule has 0 bridgehead atoms. The number of aliphatic hydroxyl groups excluding tert-OH is 1. The highest BCUT2D eigenvalue weighted by molar-refractivity contribution is 7.80. The topological polar surface area (TPSA) is 23.5 Å². The zero-order chi connectivity index (χ0) is 10.2. The summed E-state index contributed by atoms with van der Waals surface area (Å²) in [6.07, 6.45) is 7.38. The summed E-state index contributed by atoms with van der Waals surface area (Å²) in [5.74, 6) is 0.999. The van der Waals surface area contributed by atoms with Crippen molar-refractivity contribution < 1.29 is 5.11 Å². The predicted molar refractivity (Wildman–Crippen MR) is 64.0 cm³/mol. The molecule has 0 aromatic rings. The highest BCUT2D eigenvalue weighted by atomic mass is 32.1. The molecule has 0 amide bonds. The molecule has 2 nitrogen and oxygen atoms in total. The number of hydrogen-bond donors (Lipinski definition) is 2. The van der Waals surface area contributed by atoms with Crippen molar-refractivity contribution in [3.05, 3.63) is 0 Å². The Labute approximate surface area is 93.1 Å². The van der Waals surface area contributed by atoms with E-state index < -0.39 is 0 Å². The molecule has 1 fully saturated rings. The van der Waals surface area contributed by atoms with E-state index in [1.54, 1.807) is 0 Å². The summed E-state index contributed by atoms with van der Waals surface area (Å²) in [5, 5.41) is 8.97. The fourth-order valence-electron chi connectivity index (χ4n) is 2.26. The molecule has 1 saturated heterocycles. The molecule has 1 rings (SSSR count). The zero-order valence-corrected chi connectivity index (χ0v) is 9.88. The lowest BCUT2D eigenvalue weighted by Crippen LogP contribution is -2.40. The predicted octanol–water partition coefficient (Wildman–Crippen LogP) is 1.93. The van der Waals surface area contributed by atoms with E-state index in [9.17, 15) is 0 Å². The van der Waals surface area contributed by atoms with Crippen LogP contribution in [0.4, 0.5) is 0 Å². The molecule has 1 N–H and O–H groups in total. The van der Waals surface area contributed by atoms with Gasteiger partial charge in [-0.3, -0.25) is 0 Å². The van der Waals surface area contributed by atoms with E-state index in [2.05, 4.69) is 17.5 Å². The lowest BCUT2D eigenvalue weighted by Gasteiger charge is -2.35. The Balaban J connectivity index is 2.22. The van der Waals surface area contributed by atoms with Crippen molar-refractivity contribution in [2.45, 2.75) is 44.6 Å². The van der Waals surface area contributed by atoms with E-state index in [1.165, 1.54) is 45.2 Å². The first-order valence-electron chi connectivity index (χ1n) is 5.84. The van der Waals surface area contributed by atoms with Gasteiger partial charge in [-0.1, -0.05) is 6.42 Å². The van der Waals surface area contributed by atoms with Crippen LogP contribution >= 0.6 is 12.6 Å². The molecule has 0 radical (unpaired) electrons. The fourth-order valence-corrected chi connectivity index (χ4v) is 2.48. The quantitative estimate of drug-likeness (QED) is 0.525. The van der Waals surface area contributed by atoms with Crippen LogP contribution in [0.15, 0.2) is 0 Å². The van der Waals surface area contributed by atoms with Crippen molar-refractivity contribution >= 4 is 12.6 Å². The molecule has 1 unspecified atom stereocenters. The number of nitrogens with zero attached hydrogens (tertiary/aromatic N) is 1. The van der Waals surface area contributed by atoms with Crippen LogP contribution in [-0.4, -0.2) is 41.5 Å². The summed E-state index contributed by atoms with van der Waals surface area (Å²) in [6.45, 7) is 2.77. The molecule has 1 aliphatic heterocycles. The molecule has 0 aromatic heterocycles. The summed E-state index contributed by atoms with van der Waals surface area (Å²) < 4.78 is 0. The first-order chi connectivity index (χ1) is 6.88. The SMILES string of the molecule is OCCC1CCCCN1CCCCS. The second kappa shape index (κ2) is 7.55. The summed E-state index contributed by atoms with van der Waals surface area (Å²) >= 11 is 4.22. The van der Waals surface area contributed by atoms with Crippen LogP contribution in [-0.2, 0) is 0 Å². The Morgan fingerprint density at radius 2 is 2.14 bits per heavy atom. The smallest absolute Gasteiger partial charge is 0.0445 e. The number of aliphatic hydroxyl groups is 1. The maximum Gasteiger partial charge on any atom is 0.0445 e. The van der Waals surface area contributed by atoms with Gasteiger partial charge in [0.1, 0.15) is 0 Å². The molecule has 1 heterocycles. The van der Waals surface area contributed by atoms with Gasteiger partial charge in [-0.15, -0.1) is 0 Å². The van der Waals surface area contributed by atoms with Gasteiger partial charge >= 0.3 is 0 Å². The average molecular weight is 217 g/mol. The van der Waals surface area contributed by atoms with Crippen molar-refractivity contribution in [2.75, 3.05) is 25.4 Å². The Hall–Kier alpha value is 0.270. The minimum absolute atomic E-state index is 0.341. The fraction of sp³-hybridized carbons (Fsp3) is 1.00. The van der Waals surface area contributed by atoms with Gasteiger partial charge in [-0.05, 0) is 50.9 Å². The normalized spacial score (nSPS) is 24.0. The monoisotopic (exact) mass is 217 g/mol. The molecule has 14 heavy (non-hydrogen) atoms. The van der Waals surface area contributed by atoms with Gasteiger partial charge < -0.3 is 10.0 Å². The molecule has 0 aliphatic carbocycles. The van der Waals surface area contributed by atoms with Crippen LogP contribution in [0.3, 0.4) is 0 Å². The van der Waals surface area contributed by atoms with Gasteiger partial charge in [-0.25, -0.2) is 0 Å². The number of thiol groups is 1. The van der Waals surface area contributed by atoms with Crippen LogP contribution < -0.4 is 0 Å². The van der Waals surface area contributed by atoms with E-state index in [1.807, 2.05) is 0 Å². The molecular weight excluding hydrogens is 194 g/mol. The Bertz CT molecular complexity index is 141. The molecule has 1 aliphatic rings. The minimum atomic E-state index is 0.341. The van der Waals surface area contributed by atoms with Crippen molar-refractivity contribution in [2.24, 2.45) is 0 Å². The molecule has 1 atom stereocenters. The van der Waals surface area contributed by atoms with Crippen LogP contribution in [0.1, 0.15) is 38.5 Å². The van der Waals surface area contributed by atoms with E-state index in [-0.39, 0.29) is 0 Å². The zero-order valence-electron chi connectivity index (χ0n) is 8.99. The van der Waals surface area contributed by atoms with Gasteiger partial charge in [0.15, 0.2) is 0 Å². The van der Waals surface area contributed by atoms with Gasteiger partial charge in [0.2, 0.25) is 0 Å². The van der Waals surface area contributed by atoms with Gasteiger partial charge in [-0.2, -0.15) is 12.6 Å². The summed E-state index contributed by atoms with van der Waals surface area (Å²) in [7, 11) is 0. The van der Waals surface area contributed by atoms with Crippen LogP contribution in [0.25, 0.3) is 0 Å². The van der Waals surface area contributed by atoms with Gasteiger partial charge in [0.25, 0.3) is 0 Å². The Morgan fingerprint density at radius 3 is 2.86 bits per heavy atom. The van der Waals surface area contributed by atoms with E-state index in [4.69, 9.17) is 5.11 Å². The second-order valence-corrected chi connectivity index (χ2v) is 4.58. The summed E-state index contributed by atoms with van der Waals surface area (Å²) in [4.78, 5) is 2.56. The van der Waals surface area contributed by atoms with Gasteiger partial charge in [0.05, 0.1) is 0 Å². The van der Waals surface area contributed by atoms with Gasteiger partial charge in [0, 0.05) is 12.6 Å². The maximum atomic E-state index is 8.97. The first-order valence-corrected chi connectivity index (χ1v) is 6.47. The second-order valence-electron chi connectivity index (χ2n) is 4.13. The van der Waals surface area contributed by atoms with Crippen molar-refractivity contribution in [1.29, 1.82) is 0 Å². The Morgan fingerprint density at radius 1 is 1.29 bits per heavy atom. The molecular formula is C11H23NOS. The van der Waals surface area contributed by atoms with Crippen molar-refractivity contribution in [3.63, 3.8) is 0 Å². The number of likely N-dealkylation sites (tertiary alicyclic amines) is 1. The van der Waals surface area contributed by atoms with Crippen molar-refractivity contribution in [1.82, 2.24) is 4.90 Å². The highest BCUT2D eigenvalue weighted by Crippen LogP contribution is 2.19. The largest absolute Gasteiger partial charge is 0.396 e. The number of piperidine rings is 1. The van der Waals surface area contributed by atoms with E-state index in [0.29, 0.717) is 12.6 Å². The molecule has 0 saturated carbocycles. The molecule has 0 aromatic carbocycles. The third-order valence-corrected chi connectivity index (χ3v) is 3.38. The first kappa shape index (κ1) is 12.3. The third-order valence-electron chi connectivity index (χ3n) is 3.06. The molecule has 3 heteroatoms. The third kappa shape index (κ3) is 4.20. The lowest BCUT2D eigenvalue weighted by atomic mass is 9.99. The maximum absolute atomic E-state index is 8.97. The van der Waals surface area contributed by atoms with E-state index in [0.717, 1.165) is 12.2 Å². The van der Waals surface area contributed by atoms with E-state index >= 15 is 0 Å². The van der Waals surface area contributed by atoms with Crippen LogP contribution in [0.5, 0.6) is 0 Å². The minimum Gasteiger partial charge on any atom is -0.396 e. The summed E-state index contributed by atoms with van der Waals surface area (Å²) in [5.41, 5.74) is 0. The molecule has 84 valence electrons. The van der Waals surface area contributed by atoms with Crippen LogP contribution in [0, 0.1) is 0 Å². The summed E-state index contributed by atoms with van der Waals surface area (Å²) in [6, 6.07) is 0.647. The number of unbranched alkanes of at least 4 members (excludes halogenated alkanes) is 1. The number of rotatable bonds is 6. The average Bonchev–Trinajstić information content (AvgIpc) is 2.21. The lowest BCUT2D eigenvalue weighted by molar-refractivity contribution is 0.118. The Kier molecular flexibility index (Phi) is 6.65. The highest BCUT2D eigenvalue weighted by Gasteiger charge is 2.20. The van der Waals surface area contributed by atoms with Crippen molar-refractivity contribution in [3.8, 4) is 0 Å².